The summed E-state index contributed by atoms with van der Waals surface area (Å²) in [5, 5.41) is 12.7. The molecule has 0 aliphatic heterocycles. The van der Waals surface area contributed by atoms with E-state index < -0.39 is 26.5 Å². The highest BCUT2D eigenvalue weighted by Gasteiger charge is 2.23. The standard InChI is InChI=1S/C50H82NO8P/c1-3-5-7-9-11-13-15-17-19-21-23-24-25-27-29-31-33-35-37-39-41-43-50(54)57-46-48(52)47-59-60(55,56)58-45-44-51-49(53)42-40-38-36-34-32-30-28-26-22-20-18-16-14-12-10-8-6-4-2/h5,7,11,13-14,16-17,19-20,22-24,27,29,33,35,39,41,48,52H,3-4,6,8-10,12,15,18,21,25-26,28,30-32,34,36-38,40,42-47H2,1-2H3,(H,51,53)(H,55,56)/b7-5-,13-11-,16-14-,19-17-,22-20-,24-23-,29-27-,35-33-,41-39-. The molecule has 0 aromatic heterocycles. The molecule has 0 spiro atoms. The number of phosphoric acid groups is 1. The fourth-order valence-electron chi connectivity index (χ4n) is 5.55. The number of rotatable bonds is 41. The molecule has 2 unspecified atom stereocenters. The number of allylic oxidation sites excluding steroid dienone is 17. The van der Waals surface area contributed by atoms with Crippen LogP contribution < -0.4 is 5.32 Å². The zero-order valence-electron chi connectivity index (χ0n) is 37.4. The Bertz CT molecular complexity index is 1340. The largest absolute Gasteiger partial charge is 0.472 e. The summed E-state index contributed by atoms with van der Waals surface area (Å²) in [5.74, 6) is -0.667. The van der Waals surface area contributed by atoms with Crippen molar-refractivity contribution in [3.05, 3.63) is 109 Å². The van der Waals surface area contributed by atoms with Crippen molar-refractivity contribution >= 4 is 19.7 Å². The molecule has 0 aromatic carbocycles. The molecule has 2 atom stereocenters. The molecule has 0 saturated carbocycles. The predicted molar refractivity (Wildman–Crippen MR) is 252 cm³/mol. The van der Waals surface area contributed by atoms with Crippen LogP contribution in [0.15, 0.2) is 109 Å². The number of hydrogen-bond acceptors (Lipinski definition) is 7. The topological polar surface area (TPSA) is 131 Å². The second kappa shape index (κ2) is 45.2. The highest BCUT2D eigenvalue weighted by atomic mass is 31.2. The Hall–Kier alpha value is -3.33. The second-order valence-corrected chi connectivity index (χ2v) is 16.1. The van der Waals surface area contributed by atoms with E-state index in [1.165, 1.54) is 57.8 Å². The van der Waals surface area contributed by atoms with Gasteiger partial charge in [-0.1, -0.05) is 175 Å². The number of carbonyl (C=O) groups excluding carboxylic acids is 2. The van der Waals surface area contributed by atoms with Crippen molar-refractivity contribution in [1.29, 1.82) is 0 Å². The summed E-state index contributed by atoms with van der Waals surface area (Å²) in [6.45, 7) is 3.28. The average Bonchev–Trinajstić information content (AvgIpc) is 3.23. The fourth-order valence-corrected chi connectivity index (χ4v) is 6.31. The van der Waals surface area contributed by atoms with Gasteiger partial charge in [-0.15, -0.1) is 0 Å². The number of esters is 1. The number of hydrogen-bond donors (Lipinski definition) is 3. The van der Waals surface area contributed by atoms with Crippen molar-refractivity contribution in [1.82, 2.24) is 5.32 Å². The van der Waals surface area contributed by atoms with Crippen LogP contribution in [0.4, 0.5) is 0 Å². The zero-order valence-corrected chi connectivity index (χ0v) is 38.2. The number of phosphoric ester groups is 1. The van der Waals surface area contributed by atoms with Crippen LogP contribution in [0.3, 0.4) is 0 Å². The molecule has 0 aliphatic carbocycles. The Morgan fingerprint density at radius 3 is 1.48 bits per heavy atom. The first-order chi connectivity index (χ1) is 29.3. The summed E-state index contributed by atoms with van der Waals surface area (Å²) in [6.07, 6.45) is 60.4. The number of unbranched alkanes of at least 4 members (excludes halogenated alkanes) is 11. The lowest BCUT2D eigenvalue weighted by atomic mass is 10.1. The molecular weight excluding hydrogens is 774 g/mol. The minimum Gasteiger partial charge on any atom is -0.463 e. The maximum Gasteiger partial charge on any atom is 0.472 e. The molecule has 0 saturated heterocycles. The molecule has 0 heterocycles. The molecule has 1 amide bonds. The second-order valence-electron chi connectivity index (χ2n) is 14.7. The third kappa shape index (κ3) is 45.7. The fraction of sp³-hybridized carbons (Fsp3) is 0.600. The molecule has 0 radical (unpaired) electrons. The highest BCUT2D eigenvalue weighted by Crippen LogP contribution is 2.42. The van der Waals surface area contributed by atoms with Gasteiger partial charge in [-0.3, -0.25) is 18.6 Å². The van der Waals surface area contributed by atoms with Crippen LogP contribution in [0.1, 0.15) is 162 Å². The Morgan fingerprint density at radius 1 is 0.550 bits per heavy atom. The first kappa shape index (κ1) is 56.7. The number of aliphatic hydroxyl groups excluding tert-OH is 1. The molecule has 3 N–H and O–H groups in total. The summed E-state index contributed by atoms with van der Waals surface area (Å²) < 4.78 is 26.8. The number of ether oxygens (including phenoxy) is 1. The van der Waals surface area contributed by atoms with Crippen molar-refractivity contribution in [2.75, 3.05) is 26.4 Å². The smallest absolute Gasteiger partial charge is 0.463 e. The van der Waals surface area contributed by atoms with Crippen molar-refractivity contribution in [3.8, 4) is 0 Å². The van der Waals surface area contributed by atoms with E-state index in [1.54, 1.807) is 6.08 Å². The van der Waals surface area contributed by atoms with E-state index in [2.05, 4.69) is 110 Å². The number of amides is 1. The third-order valence-electron chi connectivity index (χ3n) is 8.97. The monoisotopic (exact) mass is 856 g/mol. The third-order valence-corrected chi connectivity index (χ3v) is 9.95. The summed E-state index contributed by atoms with van der Waals surface area (Å²) in [6, 6.07) is 0. The van der Waals surface area contributed by atoms with Gasteiger partial charge in [0.15, 0.2) is 0 Å². The Labute approximate surface area is 365 Å². The van der Waals surface area contributed by atoms with E-state index in [1.807, 2.05) is 12.2 Å². The van der Waals surface area contributed by atoms with E-state index in [-0.39, 0.29) is 32.1 Å². The normalized spacial score (nSPS) is 14.3. The van der Waals surface area contributed by atoms with Gasteiger partial charge in [0, 0.05) is 13.0 Å². The van der Waals surface area contributed by atoms with Gasteiger partial charge in [-0.2, -0.15) is 0 Å². The van der Waals surface area contributed by atoms with Crippen molar-refractivity contribution in [2.45, 2.75) is 168 Å². The molecule has 9 nitrogen and oxygen atoms in total. The predicted octanol–water partition coefficient (Wildman–Crippen LogP) is 13.2. The van der Waals surface area contributed by atoms with Crippen LogP contribution in [0.25, 0.3) is 0 Å². The Kier molecular flexibility index (Phi) is 42.7. The van der Waals surface area contributed by atoms with Crippen LogP contribution in [0.2, 0.25) is 0 Å². The first-order valence-electron chi connectivity index (χ1n) is 22.9. The van der Waals surface area contributed by atoms with Gasteiger partial charge in [0.25, 0.3) is 0 Å². The van der Waals surface area contributed by atoms with Gasteiger partial charge in [0.05, 0.1) is 19.6 Å². The number of carbonyl (C=O) groups is 2. The maximum atomic E-state index is 12.1. The summed E-state index contributed by atoms with van der Waals surface area (Å²) in [7, 11) is -4.45. The van der Waals surface area contributed by atoms with E-state index in [0.717, 1.165) is 70.6 Å². The van der Waals surface area contributed by atoms with Crippen LogP contribution >= 0.6 is 7.82 Å². The van der Waals surface area contributed by atoms with E-state index >= 15 is 0 Å². The lowest BCUT2D eigenvalue weighted by Crippen LogP contribution is -2.27. The molecule has 0 rings (SSSR count). The summed E-state index contributed by atoms with van der Waals surface area (Å²) in [4.78, 5) is 33.9. The first-order valence-corrected chi connectivity index (χ1v) is 24.4. The van der Waals surface area contributed by atoms with Crippen LogP contribution in [-0.4, -0.2) is 54.3 Å². The lowest BCUT2D eigenvalue weighted by Gasteiger charge is -2.15. The van der Waals surface area contributed by atoms with Crippen LogP contribution in [0.5, 0.6) is 0 Å². The minimum absolute atomic E-state index is 0.0415. The zero-order chi connectivity index (χ0) is 43.9. The van der Waals surface area contributed by atoms with E-state index in [4.69, 9.17) is 13.8 Å². The molecule has 0 bridgehead atoms. The summed E-state index contributed by atoms with van der Waals surface area (Å²) in [5.41, 5.74) is 0. The molecule has 0 aromatic rings. The van der Waals surface area contributed by atoms with E-state index in [0.29, 0.717) is 12.8 Å². The number of aliphatic hydroxyl groups is 1. The summed E-state index contributed by atoms with van der Waals surface area (Å²) >= 11 is 0. The molecule has 10 heteroatoms. The number of nitrogens with one attached hydrogen (secondary N) is 1. The Balaban J connectivity index is 3.76. The molecule has 60 heavy (non-hydrogen) atoms. The van der Waals surface area contributed by atoms with Crippen molar-refractivity contribution < 1.29 is 37.9 Å². The van der Waals surface area contributed by atoms with Gasteiger partial charge in [0.1, 0.15) is 12.7 Å². The van der Waals surface area contributed by atoms with E-state index in [9.17, 15) is 24.2 Å². The molecule has 340 valence electrons. The van der Waals surface area contributed by atoms with Crippen molar-refractivity contribution in [2.24, 2.45) is 0 Å². The van der Waals surface area contributed by atoms with Crippen molar-refractivity contribution in [3.63, 3.8) is 0 Å². The molecule has 0 fully saturated rings. The van der Waals surface area contributed by atoms with Gasteiger partial charge in [-0.25, -0.2) is 4.57 Å². The maximum absolute atomic E-state index is 12.1. The highest BCUT2D eigenvalue weighted by molar-refractivity contribution is 7.47. The molecular formula is C50H82NO8P. The Morgan fingerprint density at radius 2 is 0.983 bits per heavy atom. The SMILES string of the molecule is CC/C=C\C/C=C\C/C=C\C/C=C\C/C=C\C/C=C\C/C=C\CC(=O)OCC(O)COP(=O)(O)OCCNC(=O)CCCCCCCCC/C=C\C/C=C\CCCCCC. The molecule has 0 aliphatic rings. The minimum atomic E-state index is -4.45. The quantitative estimate of drug-likeness (QED) is 0.0240. The lowest BCUT2D eigenvalue weighted by molar-refractivity contribution is -0.146. The van der Waals surface area contributed by atoms with Crippen LogP contribution in [0, 0.1) is 0 Å². The van der Waals surface area contributed by atoms with Gasteiger partial charge >= 0.3 is 13.8 Å². The van der Waals surface area contributed by atoms with Gasteiger partial charge < -0.3 is 20.1 Å². The van der Waals surface area contributed by atoms with Gasteiger partial charge in [-0.05, 0) is 83.5 Å². The van der Waals surface area contributed by atoms with Gasteiger partial charge in [0.2, 0.25) is 5.91 Å². The van der Waals surface area contributed by atoms with Crippen LogP contribution in [-0.2, 0) is 27.9 Å². The average molecular weight is 856 g/mol.